The molecule has 0 saturated carbocycles. The zero-order valence-electron chi connectivity index (χ0n) is 12.6. The Labute approximate surface area is 129 Å². The quantitative estimate of drug-likeness (QED) is 0.567. The summed E-state index contributed by atoms with van der Waals surface area (Å²) in [5.74, 6) is 0. The van der Waals surface area contributed by atoms with Crippen LogP contribution in [0.2, 0.25) is 0 Å². The highest BCUT2D eigenvalue weighted by molar-refractivity contribution is 5.76. The maximum atomic E-state index is 11.9. The van der Waals surface area contributed by atoms with Gasteiger partial charge in [0.2, 0.25) is 0 Å². The highest BCUT2D eigenvalue weighted by Crippen LogP contribution is 2.14. The van der Waals surface area contributed by atoms with E-state index in [0.717, 1.165) is 29.6 Å². The Morgan fingerprint density at radius 1 is 1.05 bits per heavy atom. The summed E-state index contributed by atoms with van der Waals surface area (Å²) in [6.07, 6.45) is 1.60. The molecule has 2 aromatic carbocycles. The Morgan fingerprint density at radius 2 is 1.82 bits per heavy atom. The molecule has 0 atom stereocenters. The SMILES string of the molecule is Cc1ccc(NCCCc2cc3ccccc3oc2=O)cc1. The molecule has 0 bridgehead atoms. The van der Waals surface area contributed by atoms with E-state index in [1.165, 1.54) is 5.56 Å². The lowest BCUT2D eigenvalue weighted by Crippen LogP contribution is -2.10. The fraction of sp³-hybridized carbons (Fsp3) is 0.211. The molecule has 1 heterocycles. The summed E-state index contributed by atoms with van der Waals surface area (Å²) in [7, 11) is 0. The lowest BCUT2D eigenvalue weighted by Gasteiger charge is -2.06. The molecule has 0 fully saturated rings. The van der Waals surface area contributed by atoms with E-state index in [-0.39, 0.29) is 5.63 Å². The number of hydrogen-bond donors (Lipinski definition) is 1. The predicted molar refractivity (Wildman–Crippen MR) is 90.5 cm³/mol. The molecule has 3 heteroatoms. The maximum absolute atomic E-state index is 11.9. The highest BCUT2D eigenvalue weighted by Gasteiger charge is 2.04. The molecule has 0 unspecified atom stereocenters. The van der Waals surface area contributed by atoms with Crippen LogP contribution in [0.5, 0.6) is 0 Å². The van der Waals surface area contributed by atoms with Crippen molar-refractivity contribution in [3.63, 3.8) is 0 Å². The van der Waals surface area contributed by atoms with Gasteiger partial charge in [0, 0.05) is 23.2 Å². The minimum Gasteiger partial charge on any atom is -0.423 e. The molecule has 0 amide bonds. The lowest BCUT2D eigenvalue weighted by molar-refractivity contribution is 0.548. The average molecular weight is 293 g/mol. The van der Waals surface area contributed by atoms with E-state index in [1.54, 1.807) is 0 Å². The van der Waals surface area contributed by atoms with Gasteiger partial charge in [-0.3, -0.25) is 0 Å². The third-order valence-electron chi connectivity index (χ3n) is 3.72. The molecule has 112 valence electrons. The molecule has 0 saturated heterocycles. The van der Waals surface area contributed by atoms with Crippen molar-refractivity contribution in [3.8, 4) is 0 Å². The van der Waals surface area contributed by atoms with Gasteiger partial charge >= 0.3 is 5.63 Å². The number of benzene rings is 2. The van der Waals surface area contributed by atoms with E-state index in [0.29, 0.717) is 12.0 Å². The molecule has 0 aliphatic rings. The van der Waals surface area contributed by atoms with Crippen LogP contribution in [0, 0.1) is 6.92 Å². The van der Waals surface area contributed by atoms with Crippen molar-refractivity contribution in [3.05, 3.63) is 76.1 Å². The monoisotopic (exact) mass is 293 g/mol. The second-order valence-electron chi connectivity index (χ2n) is 5.49. The molecule has 3 nitrogen and oxygen atoms in total. The van der Waals surface area contributed by atoms with Crippen LogP contribution in [0.4, 0.5) is 5.69 Å². The van der Waals surface area contributed by atoms with Crippen molar-refractivity contribution >= 4 is 16.7 Å². The standard InChI is InChI=1S/C19H19NO2/c1-14-8-10-17(11-9-14)20-12-4-6-16-13-15-5-2-3-7-18(15)22-19(16)21/h2-3,5,7-11,13,20H,4,6,12H2,1H3. The molecule has 22 heavy (non-hydrogen) atoms. The van der Waals surface area contributed by atoms with Gasteiger partial charge in [-0.2, -0.15) is 0 Å². The van der Waals surface area contributed by atoms with Gasteiger partial charge in [-0.15, -0.1) is 0 Å². The number of fused-ring (bicyclic) bond motifs is 1. The zero-order chi connectivity index (χ0) is 15.4. The van der Waals surface area contributed by atoms with Crippen LogP contribution in [0.3, 0.4) is 0 Å². The Kier molecular flexibility index (Phi) is 4.24. The summed E-state index contributed by atoms with van der Waals surface area (Å²) in [5, 5.41) is 4.34. The van der Waals surface area contributed by atoms with Crippen molar-refractivity contribution in [1.82, 2.24) is 0 Å². The van der Waals surface area contributed by atoms with Crippen LogP contribution >= 0.6 is 0 Å². The molecule has 0 radical (unpaired) electrons. The van der Waals surface area contributed by atoms with Gasteiger partial charge in [0.1, 0.15) is 5.58 Å². The summed E-state index contributed by atoms with van der Waals surface area (Å²) < 4.78 is 5.35. The second-order valence-corrected chi connectivity index (χ2v) is 5.49. The van der Waals surface area contributed by atoms with Crippen LogP contribution in [-0.4, -0.2) is 6.54 Å². The zero-order valence-corrected chi connectivity index (χ0v) is 12.6. The summed E-state index contributed by atoms with van der Waals surface area (Å²) in [6.45, 7) is 2.90. The first kappa shape index (κ1) is 14.4. The molecule has 1 aromatic heterocycles. The van der Waals surface area contributed by atoms with Crippen molar-refractivity contribution in [2.75, 3.05) is 11.9 Å². The number of nitrogens with one attached hydrogen (secondary N) is 1. The predicted octanol–water partition coefficient (Wildman–Crippen LogP) is 4.15. The number of para-hydroxylation sites is 1. The first-order valence-electron chi connectivity index (χ1n) is 7.55. The van der Waals surface area contributed by atoms with Gasteiger partial charge in [-0.25, -0.2) is 4.79 Å². The van der Waals surface area contributed by atoms with E-state index < -0.39 is 0 Å². The Morgan fingerprint density at radius 3 is 2.64 bits per heavy atom. The van der Waals surface area contributed by atoms with Crippen LogP contribution < -0.4 is 10.9 Å². The molecular formula is C19H19NO2. The van der Waals surface area contributed by atoms with Crippen LogP contribution in [0.1, 0.15) is 17.5 Å². The Bertz CT molecular complexity index is 819. The summed E-state index contributed by atoms with van der Waals surface area (Å²) in [4.78, 5) is 11.9. The first-order valence-corrected chi connectivity index (χ1v) is 7.55. The molecule has 0 aliphatic carbocycles. The summed E-state index contributed by atoms with van der Waals surface area (Å²) in [6, 6.07) is 17.8. The summed E-state index contributed by atoms with van der Waals surface area (Å²) in [5.41, 5.74) is 3.52. The fourth-order valence-electron chi connectivity index (χ4n) is 2.46. The van der Waals surface area contributed by atoms with Gasteiger partial charge < -0.3 is 9.73 Å². The second kappa shape index (κ2) is 6.48. The molecule has 0 aliphatic heterocycles. The molecule has 0 spiro atoms. The lowest BCUT2D eigenvalue weighted by atomic mass is 10.1. The Balaban J connectivity index is 1.60. The largest absolute Gasteiger partial charge is 0.423 e. The first-order chi connectivity index (χ1) is 10.7. The Hall–Kier alpha value is -2.55. The third-order valence-corrected chi connectivity index (χ3v) is 3.72. The van der Waals surface area contributed by atoms with E-state index in [4.69, 9.17) is 4.42 Å². The van der Waals surface area contributed by atoms with Gasteiger partial charge in [0.25, 0.3) is 0 Å². The summed E-state index contributed by atoms with van der Waals surface area (Å²) >= 11 is 0. The number of hydrogen-bond acceptors (Lipinski definition) is 3. The number of aryl methyl sites for hydroxylation is 2. The average Bonchev–Trinajstić information content (AvgIpc) is 2.53. The number of anilines is 1. The third kappa shape index (κ3) is 3.37. The maximum Gasteiger partial charge on any atom is 0.339 e. The van der Waals surface area contributed by atoms with Crippen LogP contribution in [0.25, 0.3) is 11.0 Å². The molecule has 1 N–H and O–H groups in total. The van der Waals surface area contributed by atoms with Crippen molar-refractivity contribution in [2.45, 2.75) is 19.8 Å². The minimum atomic E-state index is -0.228. The highest BCUT2D eigenvalue weighted by atomic mass is 16.4. The van der Waals surface area contributed by atoms with E-state index in [2.05, 4.69) is 36.5 Å². The van der Waals surface area contributed by atoms with Gasteiger partial charge in [0.15, 0.2) is 0 Å². The molecular weight excluding hydrogens is 274 g/mol. The smallest absolute Gasteiger partial charge is 0.339 e. The molecule has 3 aromatic rings. The topological polar surface area (TPSA) is 42.2 Å². The number of rotatable bonds is 5. The van der Waals surface area contributed by atoms with E-state index in [9.17, 15) is 4.79 Å². The van der Waals surface area contributed by atoms with Crippen molar-refractivity contribution in [2.24, 2.45) is 0 Å². The van der Waals surface area contributed by atoms with Gasteiger partial charge in [-0.05, 0) is 44.0 Å². The van der Waals surface area contributed by atoms with Crippen molar-refractivity contribution in [1.29, 1.82) is 0 Å². The normalized spacial score (nSPS) is 10.8. The van der Waals surface area contributed by atoms with Gasteiger partial charge in [0.05, 0.1) is 0 Å². The van der Waals surface area contributed by atoms with Crippen molar-refractivity contribution < 1.29 is 4.42 Å². The molecule has 3 rings (SSSR count). The van der Waals surface area contributed by atoms with Crippen LogP contribution in [0.15, 0.2) is 63.8 Å². The fourth-order valence-corrected chi connectivity index (χ4v) is 2.46. The van der Waals surface area contributed by atoms with Crippen LogP contribution in [-0.2, 0) is 6.42 Å². The van der Waals surface area contributed by atoms with E-state index in [1.807, 2.05) is 30.3 Å². The van der Waals surface area contributed by atoms with Gasteiger partial charge in [-0.1, -0.05) is 35.9 Å². The van der Waals surface area contributed by atoms with E-state index >= 15 is 0 Å². The minimum absolute atomic E-state index is 0.228.